The third-order valence-electron chi connectivity index (χ3n) is 7.77. The van der Waals surface area contributed by atoms with Gasteiger partial charge in [-0.25, -0.2) is 0 Å². The van der Waals surface area contributed by atoms with Crippen LogP contribution in [0.15, 0.2) is 0 Å². The van der Waals surface area contributed by atoms with Gasteiger partial charge in [-0.2, -0.15) is 0 Å². The third-order valence-corrected chi connectivity index (χ3v) is 7.77. The summed E-state index contributed by atoms with van der Waals surface area (Å²) in [5, 5.41) is 3.49. The van der Waals surface area contributed by atoms with Gasteiger partial charge < -0.3 is 14.8 Å². The van der Waals surface area contributed by atoms with Crippen LogP contribution < -0.4 is 5.32 Å². The largest absolute Gasteiger partial charge is 0.376 e. The van der Waals surface area contributed by atoms with Gasteiger partial charge in [0, 0.05) is 12.1 Å². The van der Waals surface area contributed by atoms with Crippen molar-refractivity contribution in [2.45, 2.75) is 118 Å². The van der Waals surface area contributed by atoms with Crippen molar-refractivity contribution in [3.05, 3.63) is 0 Å². The molecule has 0 saturated heterocycles. The lowest BCUT2D eigenvalue weighted by Crippen LogP contribution is -2.51. The molecule has 0 radical (unpaired) electrons. The Labute approximate surface area is 165 Å². The van der Waals surface area contributed by atoms with E-state index in [2.05, 4.69) is 81.6 Å². The fourth-order valence-corrected chi connectivity index (χ4v) is 3.44. The van der Waals surface area contributed by atoms with Crippen molar-refractivity contribution in [3.63, 3.8) is 0 Å². The second-order valence-corrected chi connectivity index (χ2v) is 9.44. The van der Waals surface area contributed by atoms with Crippen molar-refractivity contribution >= 4 is 0 Å². The molecule has 26 heavy (non-hydrogen) atoms. The number of nitrogens with one attached hydrogen (secondary N) is 1. The Hall–Kier alpha value is -0.120. The van der Waals surface area contributed by atoms with E-state index >= 15 is 0 Å². The van der Waals surface area contributed by atoms with Crippen molar-refractivity contribution in [2.24, 2.45) is 11.3 Å². The lowest BCUT2D eigenvalue weighted by Gasteiger charge is -2.47. The smallest absolute Gasteiger partial charge is 0.0706 e. The molecule has 0 aromatic rings. The molecule has 3 nitrogen and oxygen atoms in total. The minimum absolute atomic E-state index is 0.0393. The molecule has 0 amide bonds. The van der Waals surface area contributed by atoms with E-state index in [0.717, 1.165) is 45.3 Å². The van der Waals surface area contributed by atoms with Crippen molar-refractivity contribution in [1.29, 1.82) is 0 Å². The maximum absolute atomic E-state index is 6.66. The van der Waals surface area contributed by atoms with Gasteiger partial charge in [-0.05, 0) is 78.2 Å². The first-order valence-electron chi connectivity index (χ1n) is 10.9. The first kappa shape index (κ1) is 25.9. The van der Waals surface area contributed by atoms with Crippen LogP contribution in [0, 0.1) is 11.3 Å². The molecule has 158 valence electrons. The van der Waals surface area contributed by atoms with Gasteiger partial charge >= 0.3 is 0 Å². The maximum Gasteiger partial charge on any atom is 0.0706 e. The molecule has 0 aliphatic rings. The summed E-state index contributed by atoms with van der Waals surface area (Å²) in [5.41, 5.74) is 0.0412. The highest BCUT2D eigenvalue weighted by molar-refractivity contribution is 4.94. The lowest BCUT2D eigenvalue weighted by atomic mass is 9.68. The van der Waals surface area contributed by atoms with E-state index in [1.54, 1.807) is 0 Å². The number of hydrogen-bond donors (Lipinski definition) is 1. The van der Waals surface area contributed by atoms with Crippen LogP contribution in [0.4, 0.5) is 0 Å². The highest BCUT2D eigenvalue weighted by atomic mass is 16.5. The van der Waals surface area contributed by atoms with E-state index in [0.29, 0.717) is 5.92 Å². The molecule has 3 heteroatoms. The maximum atomic E-state index is 6.66. The standard InChI is InChI=1S/C23H49NO2/c1-12-20(6,7)25-17-16-21(8,13-2)23(10,15-4)26-18-19(5)22(9,14-3)24-11/h19,24H,12-18H2,1-11H3. The summed E-state index contributed by atoms with van der Waals surface area (Å²) in [6.07, 6.45) is 5.28. The monoisotopic (exact) mass is 371 g/mol. The Kier molecular flexibility index (Phi) is 10.4. The van der Waals surface area contributed by atoms with Crippen molar-refractivity contribution in [1.82, 2.24) is 5.32 Å². The molecule has 0 spiro atoms. The first-order valence-corrected chi connectivity index (χ1v) is 10.9. The topological polar surface area (TPSA) is 30.5 Å². The Balaban J connectivity index is 5.08. The first-order chi connectivity index (χ1) is 11.9. The fraction of sp³-hybridized carbons (Fsp3) is 1.00. The minimum Gasteiger partial charge on any atom is -0.376 e. The van der Waals surface area contributed by atoms with Crippen LogP contribution in [0.3, 0.4) is 0 Å². The second-order valence-electron chi connectivity index (χ2n) is 9.44. The summed E-state index contributed by atoms with van der Waals surface area (Å²) in [4.78, 5) is 0. The van der Waals surface area contributed by atoms with Crippen LogP contribution in [-0.4, -0.2) is 37.0 Å². The third kappa shape index (κ3) is 6.49. The predicted molar refractivity (Wildman–Crippen MR) is 115 cm³/mol. The van der Waals surface area contributed by atoms with E-state index in [4.69, 9.17) is 9.47 Å². The molecule has 0 aromatic carbocycles. The van der Waals surface area contributed by atoms with Gasteiger partial charge in [0.15, 0.2) is 0 Å². The molecule has 0 bridgehead atoms. The molecule has 0 rings (SSSR count). The van der Waals surface area contributed by atoms with Crippen LogP contribution in [-0.2, 0) is 9.47 Å². The van der Waals surface area contributed by atoms with Gasteiger partial charge in [-0.3, -0.25) is 0 Å². The molecule has 0 fully saturated rings. The summed E-state index contributed by atoms with van der Waals surface area (Å²) in [5.74, 6) is 0.458. The second kappa shape index (κ2) is 10.4. The van der Waals surface area contributed by atoms with Crippen molar-refractivity contribution in [2.75, 3.05) is 20.3 Å². The van der Waals surface area contributed by atoms with Crippen LogP contribution in [0.5, 0.6) is 0 Å². The van der Waals surface area contributed by atoms with E-state index < -0.39 is 0 Å². The van der Waals surface area contributed by atoms with E-state index in [1.165, 1.54) is 0 Å². The molecule has 0 saturated carbocycles. The molecule has 4 unspecified atom stereocenters. The molecule has 1 N–H and O–H groups in total. The van der Waals surface area contributed by atoms with Crippen molar-refractivity contribution in [3.8, 4) is 0 Å². The SMILES string of the molecule is CCC(C)(C)OCCC(C)(CC)C(C)(CC)OCC(C)C(C)(CC)NC. The fourth-order valence-electron chi connectivity index (χ4n) is 3.44. The zero-order valence-corrected chi connectivity index (χ0v) is 19.8. The average molecular weight is 372 g/mol. The van der Waals surface area contributed by atoms with Gasteiger partial charge in [0.2, 0.25) is 0 Å². The van der Waals surface area contributed by atoms with Gasteiger partial charge in [-0.15, -0.1) is 0 Å². The van der Waals surface area contributed by atoms with Gasteiger partial charge in [-0.1, -0.05) is 41.5 Å². The number of rotatable bonds is 14. The van der Waals surface area contributed by atoms with Gasteiger partial charge in [0.1, 0.15) is 0 Å². The number of ether oxygens (including phenoxy) is 2. The van der Waals surface area contributed by atoms with Crippen LogP contribution in [0.25, 0.3) is 0 Å². The highest BCUT2D eigenvalue weighted by Crippen LogP contribution is 2.44. The summed E-state index contributed by atoms with van der Waals surface area (Å²) < 4.78 is 12.8. The summed E-state index contributed by atoms with van der Waals surface area (Å²) in [6, 6.07) is 0. The quantitative estimate of drug-likeness (QED) is 0.394. The Bertz CT molecular complexity index is 392. The van der Waals surface area contributed by atoms with Crippen LogP contribution in [0.1, 0.15) is 101 Å². The normalized spacial score (nSPS) is 20.9. The Morgan fingerprint density at radius 2 is 1.38 bits per heavy atom. The molecule has 0 aliphatic heterocycles. The van der Waals surface area contributed by atoms with E-state index in [9.17, 15) is 0 Å². The Morgan fingerprint density at radius 1 is 0.808 bits per heavy atom. The predicted octanol–water partition coefficient (Wildman–Crippen LogP) is 6.21. The molecule has 0 heterocycles. The molecule has 0 aromatic heterocycles. The van der Waals surface area contributed by atoms with Crippen molar-refractivity contribution < 1.29 is 9.47 Å². The van der Waals surface area contributed by atoms with Crippen LogP contribution >= 0.6 is 0 Å². The van der Waals surface area contributed by atoms with E-state index in [-0.39, 0.29) is 22.2 Å². The molecule has 0 aliphatic carbocycles. The number of hydrogen-bond acceptors (Lipinski definition) is 3. The highest BCUT2D eigenvalue weighted by Gasteiger charge is 2.44. The lowest BCUT2D eigenvalue weighted by molar-refractivity contribution is -0.149. The zero-order valence-electron chi connectivity index (χ0n) is 19.8. The van der Waals surface area contributed by atoms with Crippen LogP contribution in [0.2, 0.25) is 0 Å². The summed E-state index contributed by atoms with van der Waals surface area (Å²) >= 11 is 0. The molecular formula is C23H49NO2. The zero-order chi connectivity index (χ0) is 20.6. The summed E-state index contributed by atoms with van der Waals surface area (Å²) in [6.45, 7) is 24.2. The molecule has 4 atom stereocenters. The average Bonchev–Trinajstić information content (AvgIpc) is 2.64. The van der Waals surface area contributed by atoms with Gasteiger partial charge in [0.25, 0.3) is 0 Å². The molecular weight excluding hydrogens is 322 g/mol. The van der Waals surface area contributed by atoms with E-state index in [1.807, 2.05) is 0 Å². The van der Waals surface area contributed by atoms with Gasteiger partial charge in [0.05, 0.1) is 17.8 Å². The Morgan fingerprint density at radius 3 is 1.77 bits per heavy atom. The minimum atomic E-state index is -0.141. The summed E-state index contributed by atoms with van der Waals surface area (Å²) in [7, 11) is 2.06.